The summed E-state index contributed by atoms with van der Waals surface area (Å²) in [6.45, 7) is -1.05. The van der Waals surface area contributed by atoms with E-state index in [1.165, 1.54) is 0 Å². The number of carbonyl (C=O) groups is 2. The van der Waals surface area contributed by atoms with E-state index in [9.17, 15) is 25.0 Å². The molecule has 10 nitrogen and oxygen atoms in total. The third-order valence-corrected chi connectivity index (χ3v) is 2.82. The van der Waals surface area contributed by atoms with Crippen LogP contribution in [0.1, 0.15) is 0 Å². The fourth-order valence-corrected chi connectivity index (χ4v) is 1.83. The van der Waals surface area contributed by atoms with Gasteiger partial charge in [0.05, 0.1) is 6.61 Å². The third-order valence-electron chi connectivity index (χ3n) is 2.82. The first-order valence-corrected chi connectivity index (χ1v) is 5.16. The van der Waals surface area contributed by atoms with Crippen LogP contribution in [-0.4, -0.2) is 80.4 Å². The monoisotopic (exact) mass is 263 g/mol. The maximum atomic E-state index is 11.5. The van der Waals surface area contributed by atoms with Gasteiger partial charge in [0.25, 0.3) is 0 Å². The highest BCUT2D eigenvalue weighted by Gasteiger charge is 2.48. The van der Waals surface area contributed by atoms with E-state index in [0.717, 1.165) is 4.90 Å². The molecule has 0 aromatic carbocycles. The maximum absolute atomic E-state index is 11.5. The molecular weight excluding hydrogens is 250 g/mol. The summed E-state index contributed by atoms with van der Waals surface area (Å²) in [7, 11) is 0. The maximum Gasteiger partial charge on any atom is 0.350 e. The van der Waals surface area contributed by atoms with Crippen molar-refractivity contribution in [3.05, 3.63) is 0 Å². The van der Waals surface area contributed by atoms with Gasteiger partial charge in [0, 0.05) is 0 Å². The molecule has 2 aliphatic rings. The number of nitrogens with zero attached hydrogens (tertiary/aromatic N) is 2. The zero-order chi connectivity index (χ0) is 13.4. The lowest BCUT2D eigenvalue weighted by Crippen LogP contribution is -2.62. The topological polar surface area (TPSA) is 143 Å². The van der Waals surface area contributed by atoms with E-state index in [0.29, 0.717) is 0 Å². The number of carbonyl (C=O) groups excluding carboxylic acids is 2. The molecule has 2 heterocycles. The lowest BCUT2D eigenvalue weighted by Gasteiger charge is -2.35. The van der Waals surface area contributed by atoms with Gasteiger partial charge in [0.1, 0.15) is 25.0 Å². The largest absolute Gasteiger partial charge is 0.394 e. The molecule has 0 radical (unpaired) electrons. The van der Waals surface area contributed by atoms with Crippen molar-refractivity contribution in [2.24, 2.45) is 0 Å². The standard InChI is InChI=1S/C8H13N3O7/c12-1-3-4(13)5(14)6(18-3)10-2-11(17)8(16)9-7(10)15/h3-6,12-14,17H,1-2H2,(H,9,15,16)/t3-,4-,5-,6-/m1/s1. The Hall–Kier alpha value is -1.46. The SMILES string of the molecule is O=C1NC(=O)N([C@@H]2O[C@H](CO)[C@@H](O)[C@H]2O)CN1O. The Morgan fingerprint density at radius 3 is 2.50 bits per heavy atom. The van der Waals surface area contributed by atoms with Crippen molar-refractivity contribution in [3.8, 4) is 0 Å². The fourth-order valence-electron chi connectivity index (χ4n) is 1.83. The Bertz CT molecular complexity index is 365. The second-order valence-corrected chi connectivity index (χ2v) is 3.97. The summed E-state index contributed by atoms with van der Waals surface area (Å²) in [4.78, 5) is 23.3. The van der Waals surface area contributed by atoms with Crippen LogP contribution in [0, 0.1) is 0 Å². The molecule has 5 N–H and O–H groups in total. The number of nitrogens with one attached hydrogen (secondary N) is 1. The van der Waals surface area contributed by atoms with Crippen molar-refractivity contribution in [2.45, 2.75) is 24.5 Å². The van der Waals surface area contributed by atoms with Gasteiger partial charge < -0.3 is 20.1 Å². The second-order valence-electron chi connectivity index (χ2n) is 3.97. The summed E-state index contributed by atoms with van der Waals surface area (Å²) in [6, 6.07) is -1.87. The van der Waals surface area contributed by atoms with Crippen molar-refractivity contribution in [1.82, 2.24) is 15.3 Å². The van der Waals surface area contributed by atoms with E-state index < -0.39 is 49.9 Å². The average molecular weight is 263 g/mol. The first kappa shape index (κ1) is 13.0. The number of urea groups is 2. The molecule has 102 valence electrons. The predicted molar refractivity (Wildman–Crippen MR) is 52.0 cm³/mol. The molecule has 2 fully saturated rings. The zero-order valence-corrected chi connectivity index (χ0v) is 9.13. The molecule has 0 aromatic rings. The quantitative estimate of drug-likeness (QED) is 0.339. The first-order chi connectivity index (χ1) is 8.45. The Kier molecular flexibility index (Phi) is 3.36. The summed E-state index contributed by atoms with van der Waals surface area (Å²) < 4.78 is 5.09. The molecule has 0 unspecified atom stereocenters. The Labute approximate surface area is 101 Å². The first-order valence-electron chi connectivity index (χ1n) is 5.16. The molecule has 0 spiro atoms. The summed E-state index contributed by atoms with van der Waals surface area (Å²) in [5, 5.41) is 39.3. The minimum absolute atomic E-state index is 0.218. The van der Waals surface area contributed by atoms with E-state index in [2.05, 4.69) is 0 Å². The van der Waals surface area contributed by atoms with Crippen LogP contribution in [0.5, 0.6) is 0 Å². The van der Waals surface area contributed by atoms with E-state index in [1.54, 1.807) is 0 Å². The van der Waals surface area contributed by atoms with Crippen molar-refractivity contribution >= 4 is 12.1 Å². The van der Waals surface area contributed by atoms with Crippen molar-refractivity contribution in [3.63, 3.8) is 0 Å². The zero-order valence-electron chi connectivity index (χ0n) is 9.13. The molecule has 0 aromatic heterocycles. The van der Waals surface area contributed by atoms with E-state index in [1.807, 2.05) is 5.32 Å². The highest BCUT2D eigenvalue weighted by Crippen LogP contribution is 2.25. The molecule has 0 saturated carbocycles. The van der Waals surface area contributed by atoms with Gasteiger partial charge >= 0.3 is 12.1 Å². The number of aliphatic hydroxyl groups is 3. The number of hydrogen-bond acceptors (Lipinski definition) is 7. The summed E-state index contributed by atoms with van der Waals surface area (Å²) in [6.07, 6.45) is -5.12. The van der Waals surface area contributed by atoms with Crippen LogP contribution in [0.4, 0.5) is 9.59 Å². The van der Waals surface area contributed by atoms with E-state index in [-0.39, 0.29) is 5.06 Å². The normalized spacial score (nSPS) is 37.1. The molecule has 2 rings (SSSR count). The molecule has 4 amide bonds. The number of aliphatic hydroxyl groups excluding tert-OH is 3. The summed E-state index contributed by atoms with van der Waals surface area (Å²) in [5.41, 5.74) is 0. The highest BCUT2D eigenvalue weighted by molar-refractivity contribution is 5.95. The van der Waals surface area contributed by atoms with Crippen LogP contribution in [0.2, 0.25) is 0 Å². The van der Waals surface area contributed by atoms with Crippen LogP contribution >= 0.6 is 0 Å². The smallest absolute Gasteiger partial charge is 0.350 e. The van der Waals surface area contributed by atoms with Crippen LogP contribution in [0.15, 0.2) is 0 Å². The van der Waals surface area contributed by atoms with Crippen LogP contribution in [0.3, 0.4) is 0 Å². The molecular formula is C8H13N3O7. The van der Waals surface area contributed by atoms with Crippen molar-refractivity contribution in [2.75, 3.05) is 13.3 Å². The van der Waals surface area contributed by atoms with Gasteiger partial charge in [0.2, 0.25) is 0 Å². The van der Waals surface area contributed by atoms with Gasteiger partial charge in [-0.3, -0.25) is 15.4 Å². The predicted octanol–water partition coefficient (Wildman–Crippen LogP) is -2.78. The molecule has 2 aliphatic heterocycles. The minimum atomic E-state index is -1.45. The number of imide groups is 1. The van der Waals surface area contributed by atoms with Crippen molar-refractivity contribution in [1.29, 1.82) is 0 Å². The van der Waals surface area contributed by atoms with Gasteiger partial charge in [-0.25, -0.2) is 9.59 Å². The Morgan fingerprint density at radius 1 is 1.28 bits per heavy atom. The lowest BCUT2D eigenvalue weighted by molar-refractivity contribution is -0.140. The van der Waals surface area contributed by atoms with Gasteiger partial charge in [0.15, 0.2) is 6.23 Å². The minimum Gasteiger partial charge on any atom is -0.394 e. The number of amides is 4. The molecule has 2 saturated heterocycles. The highest BCUT2D eigenvalue weighted by atomic mass is 16.6. The van der Waals surface area contributed by atoms with Gasteiger partial charge in [-0.1, -0.05) is 0 Å². The Balaban J connectivity index is 2.12. The van der Waals surface area contributed by atoms with Gasteiger partial charge in [-0.05, 0) is 0 Å². The summed E-state index contributed by atoms with van der Waals surface area (Å²) >= 11 is 0. The fraction of sp³-hybridized carbons (Fsp3) is 0.750. The van der Waals surface area contributed by atoms with Gasteiger partial charge in [-0.2, -0.15) is 5.06 Å². The molecule has 0 bridgehead atoms. The van der Waals surface area contributed by atoms with Crippen LogP contribution in [0.25, 0.3) is 0 Å². The summed E-state index contributed by atoms with van der Waals surface area (Å²) in [5.74, 6) is 0. The van der Waals surface area contributed by atoms with Crippen molar-refractivity contribution < 1.29 is 34.9 Å². The number of hydrogen-bond donors (Lipinski definition) is 5. The van der Waals surface area contributed by atoms with Crippen LogP contribution < -0.4 is 5.32 Å². The number of rotatable bonds is 2. The lowest BCUT2D eigenvalue weighted by atomic mass is 10.1. The molecule has 10 heteroatoms. The second kappa shape index (κ2) is 4.66. The Morgan fingerprint density at radius 2 is 1.94 bits per heavy atom. The van der Waals surface area contributed by atoms with Gasteiger partial charge in [-0.15, -0.1) is 0 Å². The number of hydroxylamine groups is 2. The number of ether oxygens (including phenoxy) is 1. The van der Waals surface area contributed by atoms with E-state index in [4.69, 9.17) is 9.84 Å². The van der Waals surface area contributed by atoms with E-state index >= 15 is 0 Å². The average Bonchev–Trinajstić information content (AvgIpc) is 2.61. The van der Waals surface area contributed by atoms with Crippen LogP contribution in [-0.2, 0) is 4.74 Å². The molecule has 0 aliphatic carbocycles. The molecule has 18 heavy (non-hydrogen) atoms. The molecule has 4 atom stereocenters. The third kappa shape index (κ3) is 2.00.